The molecule has 1 aliphatic rings. The molecule has 1 atom stereocenters. The van der Waals surface area contributed by atoms with Crippen LogP contribution < -0.4 is 5.32 Å². The van der Waals surface area contributed by atoms with E-state index in [1.54, 1.807) is 0 Å². The number of nitrogens with one attached hydrogen (secondary N) is 1. The summed E-state index contributed by atoms with van der Waals surface area (Å²) in [6.45, 7) is 9.46. The molecule has 0 saturated carbocycles. The number of hydrogen-bond donors (Lipinski definition) is 1. The van der Waals surface area contributed by atoms with Crippen LogP contribution >= 0.6 is 0 Å². The van der Waals surface area contributed by atoms with Crippen molar-refractivity contribution in [1.29, 1.82) is 0 Å². The van der Waals surface area contributed by atoms with Crippen LogP contribution in [0, 0.1) is 0 Å². The molecular formula is C9H20N2. The van der Waals surface area contributed by atoms with Gasteiger partial charge in [0.15, 0.2) is 0 Å². The van der Waals surface area contributed by atoms with Crippen molar-refractivity contribution in [2.24, 2.45) is 0 Å². The number of rotatable bonds is 3. The zero-order valence-electron chi connectivity index (χ0n) is 7.77. The first-order chi connectivity index (χ1) is 5.36. The summed E-state index contributed by atoms with van der Waals surface area (Å²) >= 11 is 0. The van der Waals surface area contributed by atoms with E-state index < -0.39 is 0 Å². The molecule has 1 aliphatic heterocycles. The van der Waals surface area contributed by atoms with Gasteiger partial charge in [0.2, 0.25) is 0 Å². The number of hydrogen-bond acceptors (Lipinski definition) is 2. The molecule has 1 heterocycles. The van der Waals surface area contributed by atoms with E-state index >= 15 is 0 Å². The summed E-state index contributed by atoms with van der Waals surface area (Å²) in [5.41, 5.74) is 0. The quantitative estimate of drug-likeness (QED) is 0.658. The van der Waals surface area contributed by atoms with Gasteiger partial charge in [-0.1, -0.05) is 13.8 Å². The number of piperazine rings is 1. The van der Waals surface area contributed by atoms with Crippen molar-refractivity contribution in [1.82, 2.24) is 10.2 Å². The highest BCUT2D eigenvalue weighted by molar-refractivity contribution is 4.76. The Labute approximate surface area is 70.0 Å². The Kier molecular flexibility index (Phi) is 3.87. The third kappa shape index (κ3) is 2.80. The maximum Gasteiger partial charge on any atom is 0.0192 e. The molecule has 0 bridgehead atoms. The molecule has 0 aromatic rings. The third-order valence-electron chi connectivity index (χ3n) is 2.37. The highest BCUT2D eigenvalue weighted by atomic mass is 15.2. The van der Waals surface area contributed by atoms with Gasteiger partial charge < -0.3 is 10.2 Å². The van der Waals surface area contributed by atoms with Crippen LogP contribution in [0.4, 0.5) is 0 Å². The molecule has 1 N–H and O–H groups in total. The zero-order valence-corrected chi connectivity index (χ0v) is 7.77. The van der Waals surface area contributed by atoms with Crippen molar-refractivity contribution in [3.63, 3.8) is 0 Å². The average Bonchev–Trinajstić information content (AvgIpc) is 2.06. The summed E-state index contributed by atoms with van der Waals surface area (Å²) in [7, 11) is 0. The summed E-state index contributed by atoms with van der Waals surface area (Å²) in [4.78, 5) is 2.56. The summed E-state index contributed by atoms with van der Waals surface area (Å²) in [6, 6.07) is 0.746. The fourth-order valence-electron chi connectivity index (χ4n) is 1.69. The smallest absolute Gasteiger partial charge is 0.0192 e. The second kappa shape index (κ2) is 4.73. The Bertz CT molecular complexity index is 102. The van der Waals surface area contributed by atoms with Gasteiger partial charge in [-0.15, -0.1) is 0 Å². The molecule has 0 spiro atoms. The Morgan fingerprint density at radius 3 is 2.91 bits per heavy atom. The average molecular weight is 156 g/mol. The molecule has 2 heteroatoms. The lowest BCUT2D eigenvalue weighted by molar-refractivity contribution is 0.197. The summed E-state index contributed by atoms with van der Waals surface area (Å²) in [5.74, 6) is 0. The van der Waals surface area contributed by atoms with Crippen molar-refractivity contribution in [2.75, 3.05) is 26.2 Å². The second-order valence-corrected chi connectivity index (χ2v) is 3.36. The predicted molar refractivity (Wildman–Crippen MR) is 48.8 cm³/mol. The van der Waals surface area contributed by atoms with E-state index in [0.29, 0.717) is 0 Å². The minimum atomic E-state index is 0.746. The summed E-state index contributed by atoms with van der Waals surface area (Å²) in [5, 5.41) is 3.52. The minimum Gasteiger partial charge on any atom is -0.311 e. The van der Waals surface area contributed by atoms with Gasteiger partial charge in [0.05, 0.1) is 0 Å². The predicted octanol–water partition coefficient (Wildman–Crippen LogP) is 1.08. The van der Waals surface area contributed by atoms with E-state index in [2.05, 4.69) is 24.1 Å². The molecule has 0 aromatic heterocycles. The van der Waals surface area contributed by atoms with Crippen molar-refractivity contribution in [3.8, 4) is 0 Å². The van der Waals surface area contributed by atoms with Gasteiger partial charge in [-0.25, -0.2) is 0 Å². The first-order valence-electron chi connectivity index (χ1n) is 4.82. The van der Waals surface area contributed by atoms with Crippen LogP contribution in [0.3, 0.4) is 0 Å². The topological polar surface area (TPSA) is 15.3 Å². The van der Waals surface area contributed by atoms with Gasteiger partial charge in [-0.2, -0.15) is 0 Å². The highest BCUT2D eigenvalue weighted by Crippen LogP contribution is 2.02. The Morgan fingerprint density at radius 1 is 1.45 bits per heavy atom. The lowest BCUT2D eigenvalue weighted by atomic mass is 10.1. The first-order valence-corrected chi connectivity index (χ1v) is 4.82. The molecule has 1 fully saturated rings. The number of nitrogens with zero attached hydrogens (tertiary/aromatic N) is 1. The lowest BCUT2D eigenvalue weighted by Crippen LogP contribution is -2.50. The monoisotopic (exact) mass is 156 g/mol. The second-order valence-electron chi connectivity index (χ2n) is 3.36. The summed E-state index contributed by atoms with van der Waals surface area (Å²) in [6.07, 6.45) is 2.55. The molecule has 1 rings (SSSR count). The van der Waals surface area contributed by atoms with E-state index in [1.807, 2.05) is 0 Å². The fraction of sp³-hybridized carbons (Fsp3) is 1.00. The van der Waals surface area contributed by atoms with Gasteiger partial charge in [-0.05, 0) is 19.4 Å². The first kappa shape index (κ1) is 9.01. The molecule has 11 heavy (non-hydrogen) atoms. The van der Waals surface area contributed by atoms with Gasteiger partial charge in [-0.3, -0.25) is 0 Å². The molecule has 1 saturated heterocycles. The van der Waals surface area contributed by atoms with Gasteiger partial charge >= 0.3 is 0 Å². The van der Waals surface area contributed by atoms with Crippen LogP contribution in [0.1, 0.15) is 26.7 Å². The van der Waals surface area contributed by atoms with Crippen LogP contribution in [0.25, 0.3) is 0 Å². The van der Waals surface area contributed by atoms with E-state index in [4.69, 9.17) is 0 Å². The van der Waals surface area contributed by atoms with Crippen molar-refractivity contribution in [3.05, 3.63) is 0 Å². The van der Waals surface area contributed by atoms with Crippen LogP contribution in [0.15, 0.2) is 0 Å². The molecule has 0 aliphatic carbocycles. The largest absolute Gasteiger partial charge is 0.311 e. The van der Waals surface area contributed by atoms with E-state index in [0.717, 1.165) is 6.04 Å². The third-order valence-corrected chi connectivity index (χ3v) is 2.37. The lowest BCUT2D eigenvalue weighted by Gasteiger charge is -2.32. The van der Waals surface area contributed by atoms with Crippen LogP contribution in [0.2, 0.25) is 0 Å². The molecule has 0 aromatic carbocycles. The van der Waals surface area contributed by atoms with Gasteiger partial charge in [0.25, 0.3) is 0 Å². The molecule has 66 valence electrons. The van der Waals surface area contributed by atoms with Crippen molar-refractivity contribution < 1.29 is 0 Å². The zero-order chi connectivity index (χ0) is 8.10. The molecular weight excluding hydrogens is 136 g/mol. The summed E-state index contributed by atoms with van der Waals surface area (Å²) < 4.78 is 0. The standard InChI is InChI=1S/C9H20N2/c1-3-6-11-7-5-10-9(4-2)8-11/h9-10H,3-8H2,1-2H3. The van der Waals surface area contributed by atoms with E-state index in [-0.39, 0.29) is 0 Å². The maximum atomic E-state index is 3.52. The minimum absolute atomic E-state index is 0.746. The normalized spacial score (nSPS) is 27.3. The molecule has 0 amide bonds. The van der Waals surface area contributed by atoms with Crippen LogP contribution in [-0.4, -0.2) is 37.1 Å². The Balaban J connectivity index is 2.21. The Hall–Kier alpha value is -0.0800. The molecule has 0 radical (unpaired) electrons. The Morgan fingerprint density at radius 2 is 2.27 bits per heavy atom. The van der Waals surface area contributed by atoms with Crippen LogP contribution in [-0.2, 0) is 0 Å². The maximum absolute atomic E-state index is 3.52. The fourth-order valence-corrected chi connectivity index (χ4v) is 1.69. The molecule has 2 nitrogen and oxygen atoms in total. The van der Waals surface area contributed by atoms with Crippen LogP contribution in [0.5, 0.6) is 0 Å². The highest BCUT2D eigenvalue weighted by Gasteiger charge is 2.15. The van der Waals surface area contributed by atoms with E-state index in [9.17, 15) is 0 Å². The van der Waals surface area contributed by atoms with Crippen molar-refractivity contribution in [2.45, 2.75) is 32.7 Å². The van der Waals surface area contributed by atoms with E-state index in [1.165, 1.54) is 39.0 Å². The van der Waals surface area contributed by atoms with Gasteiger partial charge in [0.1, 0.15) is 0 Å². The van der Waals surface area contributed by atoms with Gasteiger partial charge in [0, 0.05) is 25.7 Å². The van der Waals surface area contributed by atoms with Crippen molar-refractivity contribution >= 4 is 0 Å². The molecule has 1 unspecified atom stereocenters. The SMILES string of the molecule is CCCN1CCNC(CC)C1.